The third-order valence-corrected chi connectivity index (χ3v) is 4.66. The molecule has 4 aromatic rings. The molecule has 0 saturated carbocycles. The lowest BCUT2D eigenvalue weighted by atomic mass is 10.1. The molecule has 5 rings (SSSR count). The first-order valence-corrected chi connectivity index (χ1v) is 8.92. The van der Waals surface area contributed by atoms with Gasteiger partial charge in [-0.15, -0.1) is 5.10 Å². The van der Waals surface area contributed by atoms with Crippen LogP contribution in [-0.2, 0) is 6.54 Å². The molecule has 2 aromatic heterocycles. The zero-order chi connectivity index (χ0) is 18.9. The molecule has 0 unspecified atom stereocenters. The van der Waals surface area contributed by atoms with Crippen LogP contribution < -0.4 is 19.5 Å². The predicted molar refractivity (Wildman–Crippen MR) is 105 cm³/mol. The first kappa shape index (κ1) is 16.4. The van der Waals surface area contributed by atoms with Crippen LogP contribution in [0.1, 0.15) is 5.56 Å². The number of imidazole rings is 1. The van der Waals surface area contributed by atoms with Gasteiger partial charge in [-0.3, -0.25) is 0 Å². The molecule has 1 aliphatic rings. The van der Waals surface area contributed by atoms with E-state index in [4.69, 9.17) is 19.3 Å². The van der Waals surface area contributed by atoms with Crippen LogP contribution in [0.25, 0.3) is 16.9 Å². The summed E-state index contributed by atoms with van der Waals surface area (Å²) in [5.41, 5.74) is 3.78. The van der Waals surface area contributed by atoms with Crippen LogP contribution in [0.5, 0.6) is 17.2 Å². The number of ether oxygens (including phenoxy) is 3. The van der Waals surface area contributed by atoms with Crippen molar-refractivity contribution in [3.63, 3.8) is 0 Å². The van der Waals surface area contributed by atoms with Crippen molar-refractivity contribution in [1.82, 2.24) is 14.6 Å². The van der Waals surface area contributed by atoms with Crippen molar-refractivity contribution in [1.29, 1.82) is 0 Å². The summed E-state index contributed by atoms with van der Waals surface area (Å²) in [7, 11) is 1.66. The average molecular weight is 374 g/mol. The molecule has 7 nitrogen and oxygen atoms in total. The lowest BCUT2D eigenvalue weighted by Crippen LogP contribution is -2.04. The number of hydrogen-bond donors (Lipinski definition) is 1. The van der Waals surface area contributed by atoms with Crippen LogP contribution in [0, 0.1) is 0 Å². The molecule has 0 fully saturated rings. The Labute approximate surface area is 161 Å². The van der Waals surface area contributed by atoms with Crippen LogP contribution in [0.4, 0.5) is 5.82 Å². The Bertz CT molecular complexity index is 1140. The van der Waals surface area contributed by atoms with E-state index in [1.54, 1.807) is 7.11 Å². The molecule has 0 atom stereocenters. The minimum Gasteiger partial charge on any atom is -0.497 e. The first-order chi connectivity index (χ1) is 13.8. The highest BCUT2D eigenvalue weighted by Crippen LogP contribution is 2.35. The number of hydrogen-bond acceptors (Lipinski definition) is 6. The molecular weight excluding hydrogens is 356 g/mol. The Kier molecular flexibility index (Phi) is 3.97. The second-order valence-electron chi connectivity index (χ2n) is 6.40. The van der Waals surface area contributed by atoms with Crippen molar-refractivity contribution < 1.29 is 14.2 Å². The van der Waals surface area contributed by atoms with E-state index >= 15 is 0 Å². The Morgan fingerprint density at radius 1 is 1.04 bits per heavy atom. The zero-order valence-corrected chi connectivity index (χ0v) is 15.3. The fourth-order valence-electron chi connectivity index (χ4n) is 3.16. The molecule has 2 aromatic carbocycles. The van der Waals surface area contributed by atoms with E-state index in [2.05, 4.69) is 10.3 Å². The fraction of sp³-hybridized carbons (Fsp3) is 0.143. The third-order valence-electron chi connectivity index (χ3n) is 4.66. The number of nitrogens with one attached hydrogen (secondary N) is 1. The first-order valence-electron chi connectivity index (χ1n) is 8.92. The SMILES string of the molecule is COc1ccc(CNc2ccc3ncc(-c4ccc5c(c4)OCO5)n3n2)cc1. The number of nitrogens with zero attached hydrogens (tertiary/aromatic N) is 3. The normalized spacial score (nSPS) is 12.3. The minimum atomic E-state index is 0.254. The van der Waals surface area contributed by atoms with Gasteiger partial charge in [0.1, 0.15) is 11.6 Å². The van der Waals surface area contributed by atoms with Crippen LogP contribution in [0.15, 0.2) is 60.8 Å². The summed E-state index contributed by atoms with van der Waals surface area (Å²) < 4.78 is 17.9. The highest BCUT2D eigenvalue weighted by molar-refractivity contribution is 5.67. The monoisotopic (exact) mass is 374 g/mol. The Morgan fingerprint density at radius 3 is 2.75 bits per heavy atom. The summed E-state index contributed by atoms with van der Waals surface area (Å²) in [5, 5.41) is 8.06. The molecular formula is C21H18N4O3. The summed E-state index contributed by atoms with van der Waals surface area (Å²) >= 11 is 0. The van der Waals surface area contributed by atoms with Gasteiger partial charge in [0.15, 0.2) is 17.1 Å². The summed E-state index contributed by atoms with van der Waals surface area (Å²) in [5.74, 6) is 3.10. The number of methoxy groups -OCH3 is 1. The van der Waals surface area contributed by atoms with Gasteiger partial charge in [0, 0.05) is 12.1 Å². The molecule has 0 bridgehead atoms. The molecule has 0 radical (unpaired) electrons. The molecule has 1 aliphatic heterocycles. The molecule has 0 spiro atoms. The van der Waals surface area contributed by atoms with Gasteiger partial charge < -0.3 is 19.5 Å². The van der Waals surface area contributed by atoms with Crippen LogP contribution in [-0.4, -0.2) is 28.5 Å². The van der Waals surface area contributed by atoms with E-state index in [1.807, 2.05) is 65.3 Å². The van der Waals surface area contributed by atoms with E-state index < -0.39 is 0 Å². The van der Waals surface area contributed by atoms with Crippen LogP contribution in [0.3, 0.4) is 0 Å². The van der Waals surface area contributed by atoms with Crippen molar-refractivity contribution in [2.75, 3.05) is 19.2 Å². The number of aromatic nitrogens is 3. The summed E-state index contributed by atoms with van der Waals surface area (Å²) in [6.07, 6.45) is 1.81. The van der Waals surface area contributed by atoms with Crippen molar-refractivity contribution >= 4 is 11.5 Å². The topological polar surface area (TPSA) is 69.9 Å². The second-order valence-corrected chi connectivity index (χ2v) is 6.40. The van der Waals surface area contributed by atoms with Crippen molar-refractivity contribution in [3.8, 4) is 28.5 Å². The van der Waals surface area contributed by atoms with Gasteiger partial charge in [-0.1, -0.05) is 12.1 Å². The molecule has 0 amide bonds. The quantitative estimate of drug-likeness (QED) is 0.574. The van der Waals surface area contributed by atoms with Gasteiger partial charge in [0.2, 0.25) is 6.79 Å². The van der Waals surface area contributed by atoms with Gasteiger partial charge in [0.05, 0.1) is 19.0 Å². The van der Waals surface area contributed by atoms with Crippen LogP contribution >= 0.6 is 0 Å². The second kappa shape index (κ2) is 6.77. The zero-order valence-electron chi connectivity index (χ0n) is 15.3. The summed E-state index contributed by atoms with van der Waals surface area (Å²) in [6, 6.07) is 17.7. The Balaban J connectivity index is 1.41. The fourth-order valence-corrected chi connectivity index (χ4v) is 3.16. The standard InChI is InChI=1S/C21H18N4O3/c1-26-16-5-2-14(3-6-16)11-22-20-8-9-21-23-12-17(25(21)24-20)15-4-7-18-19(10-15)28-13-27-18/h2-10,12H,11,13H2,1H3,(H,22,24). The molecule has 0 saturated heterocycles. The predicted octanol–water partition coefficient (Wildman–Crippen LogP) is 3.75. The maximum absolute atomic E-state index is 5.48. The molecule has 140 valence electrons. The molecule has 1 N–H and O–H groups in total. The average Bonchev–Trinajstić information content (AvgIpc) is 3.38. The smallest absolute Gasteiger partial charge is 0.231 e. The molecule has 0 aliphatic carbocycles. The lowest BCUT2D eigenvalue weighted by molar-refractivity contribution is 0.174. The van der Waals surface area contributed by atoms with E-state index in [0.29, 0.717) is 6.54 Å². The number of benzene rings is 2. The maximum Gasteiger partial charge on any atom is 0.231 e. The number of rotatable bonds is 5. The van der Waals surface area contributed by atoms with Crippen LogP contribution in [0.2, 0.25) is 0 Å². The molecule has 28 heavy (non-hydrogen) atoms. The Morgan fingerprint density at radius 2 is 1.89 bits per heavy atom. The van der Waals surface area contributed by atoms with E-state index in [0.717, 1.165) is 45.5 Å². The molecule has 7 heteroatoms. The third kappa shape index (κ3) is 2.96. The molecule has 3 heterocycles. The van der Waals surface area contributed by atoms with E-state index in [1.165, 1.54) is 0 Å². The van der Waals surface area contributed by atoms with Crippen molar-refractivity contribution in [2.24, 2.45) is 0 Å². The Hall–Kier alpha value is -3.74. The number of fused-ring (bicyclic) bond motifs is 2. The summed E-state index contributed by atoms with van der Waals surface area (Å²) in [4.78, 5) is 4.45. The van der Waals surface area contributed by atoms with E-state index in [9.17, 15) is 0 Å². The highest BCUT2D eigenvalue weighted by atomic mass is 16.7. The minimum absolute atomic E-state index is 0.254. The van der Waals surface area contributed by atoms with Crippen molar-refractivity contribution in [3.05, 3.63) is 66.4 Å². The highest BCUT2D eigenvalue weighted by Gasteiger charge is 2.16. The summed E-state index contributed by atoms with van der Waals surface area (Å²) in [6.45, 7) is 0.917. The largest absolute Gasteiger partial charge is 0.497 e. The van der Waals surface area contributed by atoms with Gasteiger partial charge in [-0.05, 0) is 48.0 Å². The van der Waals surface area contributed by atoms with Gasteiger partial charge >= 0.3 is 0 Å². The lowest BCUT2D eigenvalue weighted by Gasteiger charge is -2.08. The van der Waals surface area contributed by atoms with Gasteiger partial charge in [-0.2, -0.15) is 0 Å². The van der Waals surface area contributed by atoms with Gasteiger partial charge in [0.25, 0.3) is 0 Å². The maximum atomic E-state index is 5.48. The van der Waals surface area contributed by atoms with Crippen molar-refractivity contribution in [2.45, 2.75) is 6.54 Å². The van der Waals surface area contributed by atoms with Gasteiger partial charge in [-0.25, -0.2) is 9.50 Å². The number of anilines is 1. The van der Waals surface area contributed by atoms with E-state index in [-0.39, 0.29) is 6.79 Å².